The van der Waals surface area contributed by atoms with E-state index in [0.29, 0.717) is 33.7 Å². The van der Waals surface area contributed by atoms with Gasteiger partial charge in [-0.25, -0.2) is 9.67 Å². The Balaban J connectivity index is 1.69. The molecule has 2 N–H and O–H groups in total. The number of anilines is 1. The Bertz CT molecular complexity index is 1360. The molecule has 8 nitrogen and oxygen atoms in total. The number of hydrogen-bond donors (Lipinski definition) is 1. The Morgan fingerprint density at radius 1 is 1.09 bits per heavy atom. The molecule has 166 valence electrons. The molecule has 5 rings (SSSR count). The molecular weight excluding hydrogens is 418 g/mol. The number of primary amides is 1. The van der Waals surface area contributed by atoms with Gasteiger partial charge < -0.3 is 15.4 Å². The summed E-state index contributed by atoms with van der Waals surface area (Å²) in [5, 5.41) is 5.14. The first-order chi connectivity index (χ1) is 15.9. The van der Waals surface area contributed by atoms with E-state index < -0.39 is 12.0 Å². The summed E-state index contributed by atoms with van der Waals surface area (Å²) >= 11 is 0. The van der Waals surface area contributed by atoms with E-state index in [2.05, 4.69) is 5.10 Å². The van der Waals surface area contributed by atoms with Crippen molar-refractivity contribution in [1.82, 2.24) is 14.8 Å². The van der Waals surface area contributed by atoms with E-state index in [1.807, 2.05) is 50.2 Å². The molecule has 1 aliphatic heterocycles. The fourth-order valence-corrected chi connectivity index (χ4v) is 4.05. The van der Waals surface area contributed by atoms with Crippen LogP contribution in [0.15, 0.2) is 66.9 Å². The van der Waals surface area contributed by atoms with Crippen LogP contribution in [0.5, 0.6) is 5.75 Å². The fraction of sp³-hybridized carbons (Fsp3) is 0.200. The molecule has 2 aromatic carbocycles. The van der Waals surface area contributed by atoms with Crippen LogP contribution in [0.25, 0.3) is 22.3 Å². The number of benzene rings is 2. The van der Waals surface area contributed by atoms with Crippen LogP contribution in [-0.4, -0.2) is 39.2 Å². The van der Waals surface area contributed by atoms with Crippen molar-refractivity contribution in [2.75, 3.05) is 11.4 Å². The zero-order chi connectivity index (χ0) is 23.1. The lowest BCUT2D eigenvalue weighted by molar-refractivity contribution is -0.124. The SMILES string of the molecule is CC(C)n1ncc2c(C(=O)N3C[C@@H](C(N)=O)Oc4ccccc43)cc(-c3ccccc3)nc21. The van der Waals surface area contributed by atoms with E-state index >= 15 is 0 Å². The monoisotopic (exact) mass is 441 g/mol. The summed E-state index contributed by atoms with van der Waals surface area (Å²) in [4.78, 5) is 32.3. The molecule has 0 saturated heterocycles. The van der Waals surface area contributed by atoms with Crippen LogP contribution in [0.3, 0.4) is 0 Å². The molecule has 0 saturated carbocycles. The van der Waals surface area contributed by atoms with Gasteiger partial charge in [-0.2, -0.15) is 5.10 Å². The van der Waals surface area contributed by atoms with Gasteiger partial charge in [0.15, 0.2) is 11.8 Å². The van der Waals surface area contributed by atoms with Crippen LogP contribution in [0.4, 0.5) is 5.69 Å². The van der Waals surface area contributed by atoms with E-state index in [0.717, 1.165) is 5.56 Å². The highest BCUT2D eigenvalue weighted by atomic mass is 16.5. The van der Waals surface area contributed by atoms with Gasteiger partial charge in [0, 0.05) is 11.6 Å². The Labute approximate surface area is 190 Å². The Morgan fingerprint density at radius 3 is 2.55 bits per heavy atom. The van der Waals surface area contributed by atoms with E-state index in [9.17, 15) is 9.59 Å². The number of ether oxygens (including phenoxy) is 1. The minimum atomic E-state index is -0.937. The van der Waals surface area contributed by atoms with Crippen molar-refractivity contribution in [3.63, 3.8) is 0 Å². The number of aromatic nitrogens is 3. The molecule has 0 spiro atoms. The highest BCUT2D eigenvalue weighted by molar-refractivity contribution is 6.14. The zero-order valence-electron chi connectivity index (χ0n) is 18.3. The number of carbonyl (C=O) groups excluding carboxylic acids is 2. The zero-order valence-corrected chi connectivity index (χ0v) is 18.3. The number of para-hydroxylation sites is 2. The van der Waals surface area contributed by atoms with Gasteiger partial charge in [-0.3, -0.25) is 9.59 Å². The molecule has 3 heterocycles. The summed E-state index contributed by atoms with van der Waals surface area (Å²) < 4.78 is 7.53. The minimum absolute atomic E-state index is 0.0218. The Hall–Kier alpha value is -4.20. The van der Waals surface area contributed by atoms with Crippen LogP contribution in [-0.2, 0) is 4.79 Å². The number of pyridine rings is 1. The summed E-state index contributed by atoms with van der Waals surface area (Å²) in [7, 11) is 0. The number of nitrogens with two attached hydrogens (primary N) is 1. The lowest BCUT2D eigenvalue weighted by Gasteiger charge is -2.33. The standard InChI is InChI=1S/C25H23N5O3/c1-15(2)30-24-18(13-27-30)17(12-19(28-24)16-8-4-3-5-9-16)25(32)29-14-22(23(26)31)33-21-11-7-6-10-20(21)29/h3-13,15,22H,14H2,1-2H3,(H2,26,31)/t22-/m0/s1. The van der Waals surface area contributed by atoms with Gasteiger partial charge in [-0.05, 0) is 32.0 Å². The molecule has 0 aliphatic carbocycles. The summed E-state index contributed by atoms with van der Waals surface area (Å²) in [5.74, 6) is -0.461. The van der Waals surface area contributed by atoms with Gasteiger partial charge in [0.1, 0.15) is 5.75 Å². The quantitative estimate of drug-likeness (QED) is 0.521. The topological polar surface area (TPSA) is 103 Å². The summed E-state index contributed by atoms with van der Waals surface area (Å²) in [5.41, 5.74) is 8.75. The maximum Gasteiger partial charge on any atom is 0.260 e. The lowest BCUT2D eigenvalue weighted by Crippen LogP contribution is -2.49. The average Bonchev–Trinajstić information content (AvgIpc) is 3.27. The van der Waals surface area contributed by atoms with Crippen LogP contribution >= 0.6 is 0 Å². The van der Waals surface area contributed by atoms with Crippen LogP contribution in [0.2, 0.25) is 0 Å². The Kier molecular flexibility index (Phi) is 5.05. The highest BCUT2D eigenvalue weighted by Crippen LogP contribution is 2.35. The molecule has 8 heteroatoms. The maximum atomic E-state index is 14.0. The smallest absolute Gasteiger partial charge is 0.260 e. The number of amides is 2. The molecule has 2 aromatic heterocycles. The molecular formula is C25H23N5O3. The van der Waals surface area contributed by atoms with Crippen molar-refractivity contribution in [1.29, 1.82) is 0 Å². The van der Waals surface area contributed by atoms with Crippen LogP contribution in [0.1, 0.15) is 30.2 Å². The van der Waals surface area contributed by atoms with Crippen molar-refractivity contribution in [2.24, 2.45) is 5.73 Å². The number of carbonyl (C=O) groups is 2. The lowest BCUT2D eigenvalue weighted by atomic mass is 10.0. The van der Waals surface area contributed by atoms with Crippen LogP contribution in [0, 0.1) is 0 Å². The normalized spacial score (nSPS) is 15.4. The third-order valence-corrected chi connectivity index (χ3v) is 5.69. The molecule has 4 aromatic rings. The van der Waals surface area contributed by atoms with Crippen molar-refractivity contribution >= 4 is 28.5 Å². The van der Waals surface area contributed by atoms with Gasteiger partial charge in [0.2, 0.25) is 0 Å². The molecule has 0 unspecified atom stereocenters. The third kappa shape index (κ3) is 3.59. The molecule has 33 heavy (non-hydrogen) atoms. The number of rotatable bonds is 4. The molecule has 2 amide bonds. The first-order valence-corrected chi connectivity index (χ1v) is 10.7. The molecule has 0 bridgehead atoms. The predicted molar refractivity (Wildman–Crippen MR) is 125 cm³/mol. The van der Waals surface area contributed by atoms with Crippen molar-refractivity contribution in [2.45, 2.75) is 26.0 Å². The number of fused-ring (bicyclic) bond motifs is 2. The van der Waals surface area contributed by atoms with Crippen molar-refractivity contribution < 1.29 is 14.3 Å². The second kappa shape index (κ2) is 8.05. The first kappa shape index (κ1) is 20.7. The average molecular weight is 441 g/mol. The second-order valence-corrected chi connectivity index (χ2v) is 8.23. The van der Waals surface area contributed by atoms with Crippen molar-refractivity contribution in [3.8, 4) is 17.0 Å². The predicted octanol–water partition coefficient (Wildman–Crippen LogP) is 3.57. The molecule has 0 radical (unpaired) electrons. The van der Waals surface area contributed by atoms with Crippen LogP contribution < -0.4 is 15.4 Å². The number of nitrogens with zero attached hydrogens (tertiary/aromatic N) is 4. The van der Waals surface area contributed by atoms with Gasteiger partial charge in [0.05, 0.1) is 35.1 Å². The minimum Gasteiger partial charge on any atom is -0.477 e. The second-order valence-electron chi connectivity index (χ2n) is 8.23. The first-order valence-electron chi connectivity index (χ1n) is 10.7. The van der Waals surface area contributed by atoms with Gasteiger partial charge in [-0.15, -0.1) is 0 Å². The number of hydrogen-bond acceptors (Lipinski definition) is 5. The fourth-order valence-electron chi connectivity index (χ4n) is 4.05. The van der Waals surface area contributed by atoms with E-state index in [4.69, 9.17) is 15.5 Å². The molecule has 1 atom stereocenters. The third-order valence-electron chi connectivity index (χ3n) is 5.69. The Morgan fingerprint density at radius 2 is 1.82 bits per heavy atom. The van der Waals surface area contributed by atoms with Gasteiger partial charge in [0.25, 0.3) is 11.8 Å². The molecule has 1 aliphatic rings. The molecule has 0 fully saturated rings. The van der Waals surface area contributed by atoms with Crippen molar-refractivity contribution in [3.05, 3.63) is 72.4 Å². The summed E-state index contributed by atoms with van der Waals surface area (Å²) in [6, 6.07) is 18.7. The largest absolute Gasteiger partial charge is 0.477 e. The van der Waals surface area contributed by atoms with E-state index in [1.54, 1.807) is 40.0 Å². The highest BCUT2D eigenvalue weighted by Gasteiger charge is 2.34. The van der Waals surface area contributed by atoms with E-state index in [-0.39, 0.29) is 18.5 Å². The summed E-state index contributed by atoms with van der Waals surface area (Å²) in [6.07, 6.45) is 0.732. The van der Waals surface area contributed by atoms with E-state index in [1.165, 1.54) is 0 Å². The van der Waals surface area contributed by atoms with Gasteiger partial charge in [-0.1, -0.05) is 42.5 Å². The maximum absolute atomic E-state index is 14.0. The summed E-state index contributed by atoms with van der Waals surface area (Å²) in [6.45, 7) is 4.05. The van der Waals surface area contributed by atoms with Gasteiger partial charge >= 0.3 is 0 Å².